The van der Waals surface area contributed by atoms with Crippen LogP contribution in [0.25, 0.3) is 0 Å². The van der Waals surface area contributed by atoms with Crippen molar-refractivity contribution in [2.45, 2.75) is 20.1 Å². The van der Waals surface area contributed by atoms with Crippen molar-refractivity contribution in [1.82, 2.24) is 0 Å². The molecule has 0 unspecified atom stereocenters. The van der Waals surface area contributed by atoms with E-state index < -0.39 is 5.97 Å². The molecule has 0 fully saturated rings. The third kappa shape index (κ3) is 5.93. The molecule has 0 saturated carbocycles. The molecule has 0 heterocycles. The maximum Gasteiger partial charge on any atom is 0.337 e. The third-order valence-electron chi connectivity index (χ3n) is 4.53. The van der Waals surface area contributed by atoms with Gasteiger partial charge in [0.1, 0.15) is 6.61 Å². The van der Waals surface area contributed by atoms with Gasteiger partial charge in [-0.1, -0.05) is 52.5 Å². The summed E-state index contributed by atoms with van der Waals surface area (Å²) in [4.78, 5) is 11.1. The van der Waals surface area contributed by atoms with Gasteiger partial charge in [0.05, 0.1) is 17.2 Å². The van der Waals surface area contributed by atoms with Crippen LogP contribution in [-0.4, -0.2) is 17.7 Å². The highest BCUT2D eigenvalue weighted by molar-refractivity contribution is 6.36. The second kappa shape index (κ2) is 11.0. The van der Waals surface area contributed by atoms with Crippen LogP contribution in [-0.2, 0) is 13.2 Å². The molecule has 0 spiro atoms. The molecule has 5 nitrogen and oxygen atoms in total. The van der Waals surface area contributed by atoms with E-state index in [4.69, 9.17) is 61.0 Å². The minimum Gasteiger partial charge on any atom is -0.490 e. The Labute approximate surface area is 205 Å². The van der Waals surface area contributed by atoms with Crippen molar-refractivity contribution in [2.24, 2.45) is 0 Å². The van der Waals surface area contributed by atoms with Crippen LogP contribution in [0.5, 0.6) is 11.5 Å². The Morgan fingerprint density at radius 1 is 0.906 bits per heavy atom. The van der Waals surface area contributed by atoms with E-state index in [1.807, 2.05) is 6.92 Å². The van der Waals surface area contributed by atoms with Gasteiger partial charge in [-0.25, -0.2) is 4.79 Å². The van der Waals surface area contributed by atoms with Crippen LogP contribution in [0.15, 0.2) is 48.5 Å². The van der Waals surface area contributed by atoms with Crippen LogP contribution in [0.4, 0.5) is 5.69 Å². The number of nitrogens with one attached hydrogen (secondary N) is 1. The highest BCUT2D eigenvalue weighted by atomic mass is 35.5. The fourth-order valence-electron chi connectivity index (χ4n) is 2.91. The first-order valence-corrected chi connectivity index (χ1v) is 11.1. The molecular formula is C23H19Cl4NO4. The lowest BCUT2D eigenvalue weighted by Crippen LogP contribution is -2.05. The Morgan fingerprint density at radius 3 is 2.22 bits per heavy atom. The second-order valence-electron chi connectivity index (χ2n) is 6.67. The van der Waals surface area contributed by atoms with Gasteiger partial charge < -0.3 is 19.9 Å². The molecule has 0 radical (unpaired) electrons. The van der Waals surface area contributed by atoms with Crippen molar-refractivity contribution in [3.05, 3.63) is 85.3 Å². The van der Waals surface area contributed by atoms with E-state index >= 15 is 0 Å². The predicted octanol–water partition coefficient (Wildman–Crippen LogP) is 7.59. The Kier molecular flexibility index (Phi) is 8.38. The standard InChI is InChI=1S/C23H19Cl4NO4/c1-2-31-21-8-13(11-28-14-6-7-15(23(29)30)20(27)9-14)19(26)10-22(21)32-12-16-17(24)4-3-5-18(16)25/h3-10,28H,2,11-12H2,1H3,(H,29,30). The Balaban J connectivity index is 1.77. The topological polar surface area (TPSA) is 67.8 Å². The molecule has 0 atom stereocenters. The average Bonchev–Trinajstić information content (AvgIpc) is 2.74. The van der Waals surface area contributed by atoms with E-state index in [-0.39, 0.29) is 17.2 Å². The smallest absolute Gasteiger partial charge is 0.337 e. The lowest BCUT2D eigenvalue weighted by molar-refractivity contribution is 0.0697. The van der Waals surface area contributed by atoms with Crippen molar-refractivity contribution >= 4 is 58.1 Å². The molecule has 2 N–H and O–H groups in total. The number of carbonyl (C=O) groups is 1. The number of carboxylic acids is 1. The first-order valence-electron chi connectivity index (χ1n) is 9.57. The Bertz CT molecular complexity index is 1120. The number of anilines is 1. The average molecular weight is 515 g/mol. The fraction of sp³-hybridized carbons (Fsp3) is 0.174. The van der Waals surface area contributed by atoms with Gasteiger partial charge in [-0.2, -0.15) is 0 Å². The number of ether oxygens (including phenoxy) is 2. The van der Waals surface area contributed by atoms with Gasteiger partial charge in [-0.05, 0) is 48.9 Å². The van der Waals surface area contributed by atoms with E-state index in [2.05, 4.69) is 5.32 Å². The van der Waals surface area contributed by atoms with Crippen molar-refractivity contribution < 1.29 is 19.4 Å². The van der Waals surface area contributed by atoms with Crippen molar-refractivity contribution in [2.75, 3.05) is 11.9 Å². The van der Waals surface area contributed by atoms with Gasteiger partial charge in [-0.15, -0.1) is 0 Å². The molecule has 32 heavy (non-hydrogen) atoms. The number of carboxylic acid groups (broad SMARTS) is 1. The van der Waals surface area contributed by atoms with Crippen LogP contribution >= 0.6 is 46.4 Å². The Hall–Kier alpha value is -2.31. The molecule has 168 valence electrons. The second-order valence-corrected chi connectivity index (χ2v) is 8.29. The third-order valence-corrected chi connectivity index (χ3v) is 5.90. The summed E-state index contributed by atoms with van der Waals surface area (Å²) in [6.45, 7) is 2.82. The van der Waals surface area contributed by atoms with Gasteiger partial charge in [-0.3, -0.25) is 0 Å². The minimum atomic E-state index is -1.08. The van der Waals surface area contributed by atoms with E-state index in [9.17, 15) is 4.79 Å². The molecule has 0 amide bonds. The summed E-state index contributed by atoms with van der Waals surface area (Å²) >= 11 is 24.9. The molecule has 3 aromatic carbocycles. The van der Waals surface area contributed by atoms with Gasteiger partial charge in [0.25, 0.3) is 0 Å². The van der Waals surface area contributed by atoms with E-state index in [1.165, 1.54) is 6.07 Å². The molecule has 0 aliphatic carbocycles. The van der Waals surface area contributed by atoms with Crippen molar-refractivity contribution in [3.8, 4) is 11.5 Å². The molecule has 3 aromatic rings. The van der Waals surface area contributed by atoms with Gasteiger partial charge >= 0.3 is 5.97 Å². The van der Waals surface area contributed by atoms with Crippen LogP contribution in [0.1, 0.15) is 28.4 Å². The monoisotopic (exact) mass is 513 g/mol. The molecule has 0 saturated heterocycles. The lowest BCUT2D eigenvalue weighted by Gasteiger charge is -2.16. The van der Waals surface area contributed by atoms with Crippen LogP contribution in [0.3, 0.4) is 0 Å². The zero-order chi connectivity index (χ0) is 23.3. The molecule has 3 rings (SSSR count). The summed E-state index contributed by atoms with van der Waals surface area (Å²) in [7, 11) is 0. The van der Waals surface area contributed by atoms with Crippen molar-refractivity contribution in [1.29, 1.82) is 0 Å². The maximum absolute atomic E-state index is 11.1. The lowest BCUT2D eigenvalue weighted by atomic mass is 10.1. The number of benzene rings is 3. The summed E-state index contributed by atoms with van der Waals surface area (Å²) in [6.07, 6.45) is 0. The van der Waals surface area contributed by atoms with E-state index in [0.717, 1.165) is 5.56 Å². The SMILES string of the molecule is CCOc1cc(CNc2ccc(C(=O)O)c(Cl)c2)c(Cl)cc1OCc1c(Cl)cccc1Cl. The summed E-state index contributed by atoms with van der Waals surface area (Å²) in [5.74, 6) is -0.0961. The zero-order valence-corrected chi connectivity index (χ0v) is 19.9. The quantitative estimate of drug-likeness (QED) is 0.308. The van der Waals surface area contributed by atoms with Crippen LogP contribution in [0, 0.1) is 0 Å². The van der Waals surface area contributed by atoms with Crippen molar-refractivity contribution in [3.63, 3.8) is 0 Å². The largest absolute Gasteiger partial charge is 0.490 e. The minimum absolute atomic E-state index is 0.0361. The summed E-state index contributed by atoms with van der Waals surface area (Å²) in [5.41, 5.74) is 2.12. The van der Waals surface area contributed by atoms with Crippen LogP contribution in [0.2, 0.25) is 20.1 Å². The summed E-state index contributed by atoms with van der Waals surface area (Å²) in [5, 5.41) is 13.9. The van der Waals surface area contributed by atoms with Crippen LogP contribution < -0.4 is 14.8 Å². The number of aromatic carboxylic acids is 1. The molecule has 0 aromatic heterocycles. The normalized spacial score (nSPS) is 10.7. The van der Waals surface area contributed by atoms with E-state index in [0.29, 0.717) is 51.0 Å². The van der Waals surface area contributed by atoms with E-state index in [1.54, 1.807) is 42.5 Å². The highest BCUT2D eigenvalue weighted by Crippen LogP contribution is 2.36. The van der Waals surface area contributed by atoms with Gasteiger partial charge in [0.15, 0.2) is 11.5 Å². The fourth-order valence-corrected chi connectivity index (χ4v) is 3.90. The number of rotatable bonds is 9. The highest BCUT2D eigenvalue weighted by Gasteiger charge is 2.14. The zero-order valence-electron chi connectivity index (χ0n) is 16.9. The van der Waals surface area contributed by atoms with Gasteiger partial charge in [0.2, 0.25) is 0 Å². The number of halogens is 4. The molecule has 0 bridgehead atoms. The molecule has 0 aliphatic heterocycles. The predicted molar refractivity (Wildman–Crippen MR) is 129 cm³/mol. The van der Waals surface area contributed by atoms with Gasteiger partial charge in [0, 0.05) is 38.9 Å². The number of hydrogen-bond acceptors (Lipinski definition) is 4. The first-order chi connectivity index (χ1) is 15.3. The maximum atomic E-state index is 11.1. The molecular weight excluding hydrogens is 496 g/mol. The molecule has 0 aliphatic rings. The first kappa shape index (κ1) is 24.3. The molecule has 9 heteroatoms. The Morgan fingerprint density at radius 2 is 1.59 bits per heavy atom. The number of hydrogen-bond donors (Lipinski definition) is 2. The summed E-state index contributed by atoms with van der Waals surface area (Å²) < 4.78 is 11.6. The summed E-state index contributed by atoms with van der Waals surface area (Å²) in [6, 6.07) is 13.3.